The van der Waals surface area contributed by atoms with E-state index in [9.17, 15) is 13.9 Å². The fraction of sp³-hybridized carbons (Fsp3) is 0.667. The lowest BCUT2D eigenvalue weighted by Crippen LogP contribution is -2.46. The van der Waals surface area contributed by atoms with Crippen molar-refractivity contribution in [3.8, 4) is 0 Å². The van der Waals surface area contributed by atoms with Gasteiger partial charge in [-0.25, -0.2) is 8.78 Å². The zero-order valence-corrected chi connectivity index (χ0v) is 29.3. The number of halogens is 4. The molecule has 6 nitrogen and oxygen atoms in total. The lowest BCUT2D eigenvalue weighted by atomic mass is 9.74. The Hall–Kier alpha value is -1.36. The van der Waals surface area contributed by atoms with E-state index in [0.29, 0.717) is 43.9 Å². The summed E-state index contributed by atoms with van der Waals surface area (Å²) < 4.78 is 45.8. The Morgan fingerprint density at radius 1 is 0.804 bits per heavy atom. The molecule has 0 spiro atoms. The third-order valence-electron chi connectivity index (χ3n) is 9.57. The zero-order valence-electron chi connectivity index (χ0n) is 27.8. The minimum Gasteiger partial charge on any atom is -0.385 e. The van der Waals surface area contributed by atoms with Gasteiger partial charge in [-0.3, -0.25) is 0 Å². The summed E-state index contributed by atoms with van der Waals surface area (Å²) in [6.45, 7) is 7.55. The molecule has 2 aromatic rings. The van der Waals surface area contributed by atoms with Crippen LogP contribution in [0.15, 0.2) is 36.4 Å². The van der Waals surface area contributed by atoms with Crippen molar-refractivity contribution in [2.24, 2.45) is 11.8 Å². The predicted octanol–water partition coefficient (Wildman–Crippen LogP) is 8.01. The summed E-state index contributed by atoms with van der Waals surface area (Å²) in [6.07, 6.45) is 8.77. The molecule has 3 N–H and O–H groups in total. The van der Waals surface area contributed by atoms with Crippen molar-refractivity contribution in [2.45, 2.75) is 82.3 Å². The summed E-state index contributed by atoms with van der Waals surface area (Å²) in [6, 6.07) is 10.1. The lowest BCUT2D eigenvalue weighted by molar-refractivity contribution is -0.0822. The first-order valence-corrected chi connectivity index (χ1v) is 17.6. The Bertz CT molecular complexity index is 1170. The van der Waals surface area contributed by atoms with Crippen LogP contribution < -0.4 is 10.6 Å². The standard InChI is InChI=1S/2C18H27ClFNO2/c1-22-12-4-3-10-18(23-2,14-7-6-11-21-13-14)15-8-5-9-16(19)17(15)20;1-2-23-12-4-3-10-18(22,14-7-6-11-21-13-14)15-8-5-9-16(19)17(15)20/h5,8-9,14,21H,3-4,6-7,10-13H2,1-2H3;5,8-9,14,21-22H,2-4,6-7,10-13H2,1H3/t14-,18+;14-,18?/m11/s1. The van der Waals surface area contributed by atoms with E-state index in [1.165, 1.54) is 6.07 Å². The normalized spacial score (nSPS) is 21.1. The number of hydrogen-bond acceptors (Lipinski definition) is 6. The summed E-state index contributed by atoms with van der Waals surface area (Å²) in [5.41, 5.74) is -0.918. The summed E-state index contributed by atoms with van der Waals surface area (Å²) in [7, 11) is 3.39. The van der Waals surface area contributed by atoms with E-state index in [0.717, 1.165) is 77.4 Å². The van der Waals surface area contributed by atoms with Crippen LogP contribution in [0, 0.1) is 23.5 Å². The van der Waals surface area contributed by atoms with Crippen LogP contribution in [-0.2, 0) is 25.4 Å². The average Bonchev–Trinajstić information content (AvgIpc) is 3.08. The molecule has 0 saturated carbocycles. The average molecular weight is 688 g/mol. The fourth-order valence-electron chi connectivity index (χ4n) is 7.05. The first-order valence-electron chi connectivity index (χ1n) is 16.9. The Labute approximate surface area is 284 Å². The van der Waals surface area contributed by atoms with Gasteiger partial charge in [0, 0.05) is 70.1 Å². The van der Waals surface area contributed by atoms with Gasteiger partial charge in [0.05, 0.1) is 21.2 Å². The van der Waals surface area contributed by atoms with E-state index in [1.807, 2.05) is 13.0 Å². The van der Waals surface area contributed by atoms with E-state index in [4.69, 9.17) is 37.4 Å². The molecule has 2 heterocycles. The second-order valence-electron chi connectivity index (χ2n) is 12.4. The largest absolute Gasteiger partial charge is 0.385 e. The summed E-state index contributed by atoms with van der Waals surface area (Å²) in [5, 5.41) is 18.3. The summed E-state index contributed by atoms with van der Waals surface area (Å²) >= 11 is 12.0. The maximum Gasteiger partial charge on any atom is 0.147 e. The number of aliphatic hydroxyl groups is 1. The zero-order chi connectivity index (χ0) is 33.4. The molecular formula is C36H54Cl2F2N2O4. The van der Waals surface area contributed by atoms with Crippen molar-refractivity contribution in [1.82, 2.24) is 10.6 Å². The van der Waals surface area contributed by atoms with Gasteiger partial charge in [0.1, 0.15) is 11.6 Å². The second kappa shape index (κ2) is 20.2. The molecule has 1 unspecified atom stereocenters. The smallest absolute Gasteiger partial charge is 0.147 e. The van der Waals surface area contributed by atoms with E-state index < -0.39 is 17.0 Å². The molecule has 46 heavy (non-hydrogen) atoms. The van der Waals surface area contributed by atoms with Crippen LogP contribution in [0.3, 0.4) is 0 Å². The second-order valence-corrected chi connectivity index (χ2v) is 13.2. The van der Waals surface area contributed by atoms with Gasteiger partial charge in [-0.2, -0.15) is 0 Å². The van der Waals surface area contributed by atoms with Crippen molar-refractivity contribution in [3.63, 3.8) is 0 Å². The molecule has 2 saturated heterocycles. The Morgan fingerprint density at radius 3 is 1.93 bits per heavy atom. The third kappa shape index (κ3) is 10.3. The maximum absolute atomic E-state index is 14.8. The van der Waals surface area contributed by atoms with Crippen LogP contribution in [0.1, 0.15) is 82.3 Å². The fourth-order valence-corrected chi connectivity index (χ4v) is 7.40. The van der Waals surface area contributed by atoms with Crippen LogP contribution in [0.5, 0.6) is 0 Å². The highest BCUT2D eigenvalue weighted by Gasteiger charge is 2.43. The number of unbranched alkanes of at least 4 members (excludes halogenated alkanes) is 2. The summed E-state index contributed by atoms with van der Waals surface area (Å²) in [4.78, 5) is 0. The molecule has 0 amide bonds. The van der Waals surface area contributed by atoms with Crippen molar-refractivity contribution in [2.75, 3.05) is 60.2 Å². The molecule has 2 aromatic carbocycles. The van der Waals surface area contributed by atoms with Crippen molar-refractivity contribution in [3.05, 3.63) is 69.2 Å². The van der Waals surface area contributed by atoms with Crippen molar-refractivity contribution in [1.29, 1.82) is 0 Å². The van der Waals surface area contributed by atoms with Crippen LogP contribution >= 0.6 is 23.2 Å². The van der Waals surface area contributed by atoms with Gasteiger partial charge in [0.2, 0.25) is 0 Å². The van der Waals surface area contributed by atoms with Crippen LogP contribution in [0.2, 0.25) is 10.0 Å². The van der Waals surface area contributed by atoms with Gasteiger partial charge < -0.3 is 30.0 Å². The van der Waals surface area contributed by atoms with E-state index in [-0.39, 0.29) is 27.7 Å². The number of nitrogens with one attached hydrogen (secondary N) is 2. The molecule has 4 rings (SSSR count). The molecule has 10 heteroatoms. The highest BCUT2D eigenvalue weighted by Crippen LogP contribution is 2.44. The number of rotatable bonds is 16. The molecule has 2 aliphatic rings. The van der Waals surface area contributed by atoms with E-state index >= 15 is 0 Å². The van der Waals surface area contributed by atoms with Gasteiger partial charge in [0.15, 0.2) is 0 Å². The third-order valence-corrected chi connectivity index (χ3v) is 10.1. The molecule has 2 fully saturated rings. The van der Waals surface area contributed by atoms with Crippen molar-refractivity contribution < 1.29 is 28.1 Å². The molecule has 0 radical (unpaired) electrons. The molecule has 2 aliphatic heterocycles. The van der Waals surface area contributed by atoms with Crippen LogP contribution in [-0.4, -0.2) is 65.3 Å². The predicted molar refractivity (Wildman–Crippen MR) is 183 cm³/mol. The number of methoxy groups -OCH3 is 2. The minimum absolute atomic E-state index is 0.00342. The van der Waals surface area contributed by atoms with Crippen LogP contribution in [0.25, 0.3) is 0 Å². The molecular weight excluding hydrogens is 633 g/mol. The highest BCUT2D eigenvalue weighted by atomic mass is 35.5. The molecule has 0 bridgehead atoms. The number of hydrogen-bond donors (Lipinski definition) is 3. The number of ether oxygens (including phenoxy) is 3. The Balaban J connectivity index is 0.000000250. The molecule has 260 valence electrons. The highest BCUT2D eigenvalue weighted by molar-refractivity contribution is 6.31. The molecule has 0 aliphatic carbocycles. The number of benzene rings is 2. The minimum atomic E-state index is -1.19. The Morgan fingerprint density at radius 2 is 1.37 bits per heavy atom. The SMILES string of the molecule is CCOCCCCC(O)(c1cccc(Cl)c1F)[C@@H]1CCCNC1.COCCCC[C@@](OC)(c1cccc(Cl)c1F)[C@@H]1CCCNC1. The first kappa shape index (κ1) is 39.1. The quantitative estimate of drug-likeness (QED) is 0.155. The van der Waals surface area contributed by atoms with Crippen LogP contribution in [0.4, 0.5) is 8.78 Å². The number of piperidine rings is 2. The van der Waals surface area contributed by atoms with Gasteiger partial charge in [-0.1, -0.05) is 47.5 Å². The van der Waals surface area contributed by atoms with Gasteiger partial charge in [0.25, 0.3) is 0 Å². The van der Waals surface area contributed by atoms with Crippen molar-refractivity contribution >= 4 is 23.2 Å². The van der Waals surface area contributed by atoms with Gasteiger partial charge >= 0.3 is 0 Å². The monoisotopic (exact) mass is 686 g/mol. The van der Waals surface area contributed by atoms with Gasteiger partial charge in [-0.05, 0) is 96.4 Å². The molecule has 4 atom stereocenters. The van der Waals surface area contributed by atoms with Gasteiger partial charge in [-0.15, -0.1) is 0 Å². The molecule has 0 aromatic heterocycles. The Kier molecular flexibility index (Phi) is 17.2. The summed E-state index contributed by atoms with van der Waals surface area (Å²) in [5.74, 6) is -0.617. The topological polar surface area (TPSA) is 72.0 Å². The lowest BCUT2D eigenvalue weighted by Gasteiger charge is -2.42. The van der Waals surface area contributed by atoms with E-state index in [2.05, 4.69) is 10.6 Å². The first-order chi connectivity index (χ1) is 22.2. The van der Waals surface area contributed by atoms with E-state index in [1.54, 1.807) is 38.5 Å². The maximum atomic E-state index is 14.8.